The molecule has 1 amide bonds. The lowest BCUT2D eigenvalue weighted by Gasteiger charge is -2.13. The molecule has 0 aliphatic rings. The minimum atomic E-state index is -0.319. The molecule has 3 aromatic rings. The average molecular weight is 405 g/mol. The number of aromatic nitrogens is 3. The van der Waals surface area contributed by atoms with Gasteiger partial charge in [-0.25, -0.2) is 0 Å². The first kappa shape index (κ1) is 19.5. The first-order valence-electron chi connectivity index (χ1n) is 8.66. The number of carbonyl (C=O) groups is 1. The predicted octanol–water partition coefficient (Wildman–Crippen LogP) is 4.32. The van der Waals surface area contributed by atoms with Gasteiger partial charge in [0, 0.05) is 18.1 Å². The maximum atomic E-state index is 12.5. The maximum absolute atomic E-state index is 12.5. The lowest BCUT2D eigenvalue weighted by atomic mass is 10.2. The maximum Gasteiger partial charge on any atom is 0.233 e. The number of benzene rings is 1. The van der Waals surface area contributed by atoms with Crippen LogP contribution in [-0.4, -0.2) is 25.9 Å². The van der Waals surface area contributed by atoms with Crippen molar-refractivity contribution in [1.82, 2.24) is 20.1 Å². The van der Waals surface area contributed by atoms with E-state index < -0.39 is 0 Å². The number of carbonyl (C=O) groups excluding carboxylic acids is 1. The minimum Gasteiger partial charge on any atom is -0.469 e. The molecule has 0 radical (unpaired) electrons. The second kappa shape index (κ2) is 8.63. The van der Waals surface area contributed by atoms with Gasteiger partial charge in [-0.15, -0.1) is 10.2 Å². The van der Waals surface area contributed by atoms with E-state index in [0.717, 1.165) is 22.7 Å². The normalized spacial score (nSPS) is 12.1. The topological polar surface area (TPSA) is 73.0 Å². The quantitative estimate of drug-likeness (QED) is 0.594. The van der Waals surface area contributed by atoms with E-state index in [9.17, 15) is 4.79 Å². The fraction of sp³-hybridized carbons (Fsp3) is 0.316. The third-order valence-corrected chi connectivity index (χ3v) is 5.64. The fourth-order valence-electron chi connectivity index (χ4n) is 2.66. The molecule has 3 rings (SSSR count). The van der Waals surface area contributed by atoms with Gasteiger partial charge in [0.15, 0.2) is 11.0 Å². The van der Waals surface area contributed by atoms with Gasteiger partial charge in [0.05, 0.1) is 17.1 Å². The van der Waals surface area contributed by atoms with Gasteiger partial charge in [0.25, 0.3) is 0 Å². The highest BCUT2D eigenvalue weighted by molar-refractivity contribution is 8.00. The molecule has 6 nitrogen and oxygen atoms in total. The zero-order valence-electron chi connectivity index (χ0n) is 15.4. The first-order valence-corrected chi connectivity index (χ1v) is 9.92. The molecule has 1 N–H and O–H groups in total. The largest absolute Gasteiger partial charge is 0.469 e. The zero-order valence-corrected chi connectivity index (χ0v) is 17.0. The Kier molecular flexibility index (Phi) is 6.23. The van der Waals surface area contributed by atoms with Crippen LogP contribution in [0.15, 0.2) is 46.2 Å². The summed E-state index contributed by atoms with van der Waals surface area (Å²) in [7, 11) is 0. The molecule has 0 saturated carbocycles. The van der Waals surface area contributed by atoms with Crippen molar-refractivity contribution in [3.05, 3.63) is 52.9 Å². The summed E-state index contributed by atoms with van der Waals surface area (Å²) in [4.78, 5) is 12.5. The fourth-order valence-corrected chi connectivity index (χ4v) is 3.80. The molecule has 0 fully saturated rings. The SMILES string of the molecule is CCn1c(S[C@@H](C)C(=O)NCc2ccccc2Cl)nnc1-c1ccoc1C. The number of amides is 1. The summed E-state index contributed by atoms with van der Waals surface area (Å²) in [5.41, 5.74) is 1.80. The molecule has 0 aliphatic carbocycles. The molecule has 0 bridgehead atoms. The van der Waals surface area contributed by atoms with Crippen molar-refractivity contribution < 1.29 is 9.21 Å². The van der Waals surface area contributed by atoms with Crippen LogP contribution in [-0.2, 0) is 17.9 Å². The highest BCUT2D eigenvalue weighted by atomic mass is 35.5. The Morgan fingerprint density at radius 3 is 2.78 bits per heavy atom. The highest BCUT2D eigenvalue weighted by Gasteiger charge is 2.21. The molecule has 1 aromatic carbocycles. The Balaban J connectivity index is 1.68. The van der Waals surface area contributed by atoms with Gasteiger partial charge in [-0.05, 0) is 38.5 Å². The van der Waals surface area contributed by atoms with Crippen molar-refractivity contribution in [1.29, 1.82) is 0 Å². The molecular weight excluding hydrogens is 384 g/mol. The highest BCUT2D eigenvalue weighted by Crippen LogP contribution is 2.29. The third-order valence-electron chi connectivity index (χ3n) is 4.20. The third kappa shape index (κ3) is 4.36. The Hall–Kier alpha value is -2.25. The number of aryl methyl sites for hydroxylation is 1. The number of furan rings is 1. The van der Waals surface area contributed by atoms with Gasteiger partial charge < -0.3 is 14.3 Å². The monoisotopic (exact) mass is 404 g/mol. The van der Waals surface area contributed by atoms with Crippen molar-refractivity contribution in [2.45, 2.75) is 44.3 Å². The van der Waals surface area contributed by atoms with Crippen molar-refractivity contribution in [3.8, 4) is 11.4 Å². The Bertz CT molecular complexity index is 937. The molecular formula is C19H21ClN4O2S. The van der Waals surface area contributed by atoms with Gasteiger partial charge >= 0.3 is 0 Å². The molecule has 0 spiro atoms. The number of rotatable bonds is 7. The van der Waals surface area contributed by atoms with Crippen LogP contribution >= 0.6 is 23.4 Å². The minimum absolute atomic E-state index is 0.0772. The average Bonchev–Trinajstić information content (AvgIpc) is 3.25. The van der Waals surface area contributed by atoms with Gasteiger partial charge in [-0.1, -0.05) is 41.6 Å². The van der Waals surface area contributed by atoms with Crippen LogP contribution in [0, 0.1) is 6.92 Å². The van der Waals surface area contributed by atoms with Crippen LogP contribution < -0.4 is 5.32 Å². The van der Waals surface area contributed by atoms with Gasteiger partial charge in [-0.3, -0.25) is 4.79 Å². The van der Waals surface area contributed by atoms with Gasteiger partial charge in [0.1, 0.15) is 5.76 Å². The van der Waals surface area contributed by atoms with Crippen molar-refractivity contribution in [2.24, 2.45) is 0 Å². The van der Waals surface area contributed by atoms with Crippen LogP contribution in [0.5, 0.6) is 0 Å². The van der Waals surface area contributed by atoms with E-state index in [1.807, 2.05) is 55.7 Å². The second-order valence-electron chi connectivity index (χ2n) is 6.01. The predicted molar refractivity (Wildman–Crippen MR) is 107 cm³/mol. The van der Waals surface area contributed by atoms with E-state index in [-0.39, 0.29) is 11.2 Å². The van der Waals surface area contributed by atoms with Crippen LogP contribution in [0.25, 0.3) is 11.4 Å². The smallest absolute Gasteiger partial charge is 0.233 e. The molecule has 0 saturated heterocycles. The van der Waals surface area contributed by atoms with E-state index in [4.69, 9.17) is 16.0 Å². The number of nitrogens with zero attached hydrogens (tertiary/aromatic N) is 3. The number of halogens is 1. The van der Waals surface area contributed by atoms with Crippen molar-refractivity contribution in [3.63, 3.8) is 0 Å². The number of nitrogens with one attached hydrogen (secondary N) is 1. The summed E-state index contributed by atoms with van der Waals surface area (Å²) in [5, 5.41) is 12.5. The first-order chi connectivity index (χ1) is 13.0. The number of thioether (sulfide) groups is 1. The molecule has 142 valence electrons. The van der Waals surface area contributed by atoms with Crippen LogP contribution in [0.4, 0.5) is 0 Å². The number of hydrogen-bond acceptors (Lipinski definition) is 5. The summed E-state index contributed by atoms with van der Waals surface area (Å²) < 4.78 is 7.35. The lowest BCUT2D eigenvalue weighted by molar-refractivity contribution is -0.120. The lowest BCUT2D eigenvalue weighted by Crippen LogP contribution is -2.30. The molecule has 0 aliphatic heterocycles. The molecule has 2 heterocycles. The van der Waals surface area contributed by atoms with E-state index in [1.165, 1.54) is 11.8 Å². The Morgan fingerprint density at radius 2 is 2.11 bits per heavy atom. The van der Waals surface area contributed by atoms with Crippen LogP contribution in [0.3, 0.4) is 0 Å². The van der Waals surface area contributed by atoms with Gasteiger partial charge in [0.2, 0.25) is 5.91 Å². The summed E-state index contributed by atoms with van der Waals surface area (Å²) >= 11 is 7.52. The van der Waals surface area contributed by atoms with E-state index in [0.29, 0.717) is 23.3 Å². The van der Waals surface area contributed by atoms with Crippen LogP contribution in [0.1, 0.15) is 25.2 Å². The second-order valence-corrected chi connectivity index (χ2v) is 7.73. The van der Waals surface area contributed by atoms with E-state index >= 15 is 0 Å². The summed E-state index contributed by atoms with van der Waals surface area (Å²) in [6.45, 7) is 6.85. The molecule has 1 atom stereocenters. The van der Waals surface area contributed by atoms with Crippen molar-refractivity contribution in [2.75, 3.05) is 0 Å². The molecule has 8 heteroatoms. The molecule has 27 heavy (non-hydrogen) atoms. The molecule has 2 aromatic heterocycles. The Labute approximate surface area is 167 Å². The summed E-state index contributed by atoms with van der Waals surface area (Å²) in [5.74, 6) is 1.46. The van der Waals surface area contributed by atoms with Gasteiger partial charge in [-0.2, -0.15) is 0 Å². The zero-order chi connectivity index (χ0) is 19.4. The molecule has 0 unspecified atom stereocenters. The summed E-state index contributed by atoms with van der Waals surface area (Å²) in [6.07, 6.45) is 1.64. The van der Waals surface area contributed by atoms with E-state index in [2.05, 4.69) is 15.5 Å². The standard InChI is InChI=1S/C19H21ClN4O2S/c1-4-24-17(15-9-10-26-12(15)2)22-23-19(24)27-13(3)18(25)21-11-14-7-5-6-8-16(14)20/h5-10,13H,4,11H2,1-3H3,(H,21,25)/t13-/m0/s1. The number of hydrogen-bond donors (Lipinski definition) is 1. The van der Waals surface area contributed by atoms with Crippen molar-refractivity contribution >= 4 is 29.3 Å². The Morgan fingerprint density at radius 1 is 1.33 bits per heavy atom. The summed E-state index contributed by atoms with van der Waals surface area (Å²) in [6, 6.07) is 9.34. The van der Waals surface area contributed by atoms with E-state index in [1.54, 1.807) is 6.26 Å². The van der Waals surface area contributed by atoms with Crippen LogP contribution in [0.2, 0.25) is 5.02 Å².